The number of furan rings is 1. The van der Waals surface area contributed by atoms with Crippen LogP contribution < -0.4 is 5.32 Å². The van der Waals surface area contributed by atoms with Crippen LogP contribution in [-0.2, 0) is 6.54 Å². The second kappa shape index (κ2) is 6.79. The van der Waals surface area contributed by atoms with Crippen molar-refractivity contribution >= 4 is 11.6 Å². The zero-order valence-corrected chi connectivity index (χ0v) is 12.9. The third-order valence-corrected chi connectivity index (χ3v) is 4.24. The van der Waals surface area contributed by atoms with Crippen LogP contribution in [-0.4, -0.2) is 23.9 Å². The monoisotopic (exact) mass is 298 g/mol. The Morgan fingerprint density at radius 1 is 1.23 bits per heavy atom. The maximum absolute atomic E-state index is 11.9. The van der Waals surface area contributed by atoms with Crippen LogP contribution in [0.2, 0.25) is 0 Å². The van der Waals surface area contributed by atoms with Crippen molar-refractivity contribution < 1.29 is 9.21 Å². The van der Waals surface area contributed by atoms with Gasteiger partial charge in [-0.1, -0.05) is 19.1 Å². The highest BCUT2D eigenvalue weighted by Gasteiger charge is 2.15. The fourth-order valence-electron chi connectivity index (χ4n) is 2.77. The number of piperidine rings is 1. The lowest BCUT2D eigenvalue weighted by atomic mass is 9.99. The highest BCUT2D eigenvalue weighted by Crippen LogP contribution is 2.19. The number of nitrogens with one attached hydrogen (secondary N) is 1. The van der Waals surface area contributed by atoms with Gasteiger partial charge >= 0.3 is 0 Å². The van der Waals surface area contributed by atoms with E-state index in [0.717, 1.165) is 18.2 Å². The van der Waals surface area contributed by atoms with Crippen LogP contribution in [0.3, 0.4) is 0 Å². The first-order valence-electron chi connectivity index (χ1n) is 7.87. The molecule has 0 saturated carbocycles. The van der Waals surface area contributed by atoms with Crippen LogP contribution in [0.25, 0.3) is 0 Å². The zero-order valence-electron chi connectivity index (χ0n) is 12.9. The van der Waals surface area contributed by atoms with Gasteiger partial charge in [0.15, 0.2) is 5.76 Å². The summed E-state index contributed by atoms with van der Waals surface area (Å²) in [4.78, 5) is 14.4. The minimum atomic E-state index is -0.220. The summed E-state index contributed by atoms with van der Waals surface area (Å²) in [5.41, 5.74) is 2.07. The first kappa shape index (κ1) is 14.9. The van der Waals surface area contributed by atoms with Gasteiger partial charge in [0.25, 0.3) is 5.91 Å². The van der Waals surface area contributed by atoms with Gasteiger partial charge < -0.3 is 9.73 Å². The number of amides is 1. The Hall–Kier alpha value is -2.07. The minimum Gasteiger partial charge on any atom is -0.459 e. The van der Waals surface area contributed by atoms with Crippen molar-refractivity contribution in [1.29, 1.82) is 0 Å². The largest absolute Gasteiger partial charge is 0.459 e. The topological polar surface area (TPSA) is 45.5 Å². The number of hydrogen-bond acceptors (Lipinski definition) is 3. The molecule has 2 heterocycles. The third-order valence-electron chi connectivity index (χ3n) is 4.24. The third kappa shape index (κ3) is 3.77. The molecule has 22 heavy (non-hydrogen) atoms. The molecule has 0 aliphatic carbocycles. The number of hydrogen-bond donors (Lipinski definition) is 1. The Kier molecular flexibility index (Phi) is 4.59. The van der Waals surface area contributed by atoms with Gasteiger partial charge in [-0.3, -0.25) is 9.69 Å². The Labute approximate surface area is 131 Å². The molecule has 116 valence electrons. The molecule has 0 unspecified atom stereocenters. The number of nitrogens with zero attached hydrogens (tertiary/aromatic N) is 1. The van der Waals surface area contributed by atoms with Crippen LogP contribution in [0.1, 0.15) is 35.9 Å². The first-order chi connectivity index (χ1) is 10.7. The predicted molar refractivity (Wildman–Crippen MR) is 86.8 cm³/mol. The lowest BCUT2D eigenvalue weighted by Gasteiger charge is -2.30. The minimum absolute atomic E-state index is 0.220. The summed E-state index contributed by atoms with van der Waals surface area (Å²) in [6, 6.07) is 11.4. The second-order valence-electron chi connectivity index (χ2n) is 6.09. The number of likely N-dealkylation sites (tertiary alicyclic amines) is 1. The number of carbonyl (C=O) groups is 1. The molecule has 1 aromatic carbocycles. The molecule has 1 saturated heterocycles. The molecule has 4 nitrogen and oxygen atoms in total. The van der Waals surface area contributed by atoms with E-state index < -0.39 is 0 Å². The lowest BCUT2D eigenvalue weighted by molar-refractivity contribution is 0.0996. The molecule has 1 aliphatic heterocycles. The molecule has 4 heteroatoms. The van der Waals surface area contributed by atoms with E-state index in [0.29, 0.717) is 5.76 Å². The molecule has 1 fully saturated rings. The average Bonchev–Trinajstić information content (AvgIpc) is 3.06. The van der Waals surface area contributed by atoms with Crippen LogP contribution in [0, 0.1) is 5.92 Å². The maximum atomic E-state index is 11.9. The van der Waals surface area contributed by atoms with E-state index in [-0.39, 0.29) is 5.91 Å². The summed E-state index contributed by atoms with van der Waals surface area (Å²) in [7, 11) is 0. The molecule has 0 atom stereocenters. The van der Waals surface area contributed by atoms with Gasteiger partial charge in [0.2, 0.25) is 0 Å². The molecule has 0 bridgehead atoms. The van der Waals surface area contributed by atoms with E-state index in [1.165, 1.54) is 37.8 Å². The van der Waals surface area contributed by atoms with Crippen molar-refractivity contribution in [2.24, 2.45) is 5.92 Å². The fraction of sp³-hybridized carbons (Fsp3) is 0.389. The van der Waals surface area contributed by atoms with Crippen LogP contribution in [0.4, 0.5) is 5.69 Å². The van der Waals surface area contributed by atoms with Crippen molar-refractivity contribution in [2.45, 2.75) is 26.3 Å². The predicted octanol–water partition coefficient (Wildman–Crippen LogP) is 3.76. The van der Waals surface area contributed by atoms with Crippen molar-refractivity contribution in [2.75, 3.05) is 18.4 Å². The van der Waals surface area contributed by atoms with Gasteiger partial charge in [0.1, 0.15) is 0 Å². The SMILES string of the molecule is CC1CCN(Cc2ccc(NC(=O)c3ccco3)cc2)CC1. The maximum Gasteiger partial charge on any atom is 0.291 e. The fourth-order valence-corrected chi connectivity index (χ4v) is 2.77. The highest BCUT2D eigenvalue weighted by molar-refractivity contribution is 6.02. The Bertz CT molecular complexity index is 597. The average molecular weight is 298 g/mol. The number of benzene rings is 1. The Morgan fingerprint density at radius 3 is 2.59 bits per heavy atom. The van der Waals surface area contributed by atoms with E-state index in [9.17, 15) is 4.79 Å². The molecule has 1 N–H and O–H groups in total. The zero-order chi connectivity index (χ0) is 15.4. The first-order valence-corrected chi connectivity index (χ1v) is 7.87. The van der Waals surface area contributed by atoms with Gasteiger partial charge in [0, 0.05) is 12.2 Å². The molecule has 1 aliphatic rings. The van der Waals surface area contributed by atoms with E-state index in [2.05, 4.69) is 29.3 Å². The molecular weight excluding hydrogens is 276 g/mol. The summed E-state index contributed by atoms with van der Waals surface area (Å²) in [6.45, 7) is 5.67. The quantitative estimate of drug-likeness (QED) is 0.934. The highest BCUT2D eigenvalue weighted by atomic mass is 16.3. The Morgan fingerprint density at radius 2 is 1.95 bits per heavy atom. The summed E-state index contributed by atoms with van der Waals surface area (Å²) < 4.78 is 5.08. The normalized spacial score (nSPS) is 16.6. The van der Waals surface area contributed by atoms with Gasteiger partial charge in [-0.05, 0) is 61.7 Å². The van der Waals surface area contributed by atoms with Crippen LogP contribution >= 0.6 is 0 Å². The summed E-state index contributed by atoms with van der Waals surface area (Å²) in [5.74, 6) is 0.963. The van der Waals surface area contributed by atoms with Crippen molar-refractivity contribution in [3.63, 3.8) is 0 Å². The standard InChI is InChI=1S/C18H22N2O2/c1-14-8-10-20(11-9-14)13-15-4-6-16(7-5-15)19-18(21)17-3-2-12-22-17/h2-7,12,14H,8-11,13H2,1H3,(H,19,21). The van der Waals surface area contributed by atoms with Gasteiger partial charge in [-0.25, -0.2) is 0 Å². The van der Waals surface area contributed by atoms with Gasteiger partial charge in [-0.2, -0.15) is 0 Å². The van der Waals surface area contributed by atoms with E-state index in [1.807, 2.05) is 12.1 Å². The molecule has 0 spiro atoms. The smallest absolute Gasteiger partial charge is 0.291 e. The molecule has 3 rings (SSSR count). The lowest BCUT2D eigenvalue weighted by Crippen LogP contribution is -2.32. The molecule has 2 aromatic rings. The number of rotatable bonds is 4. The molecular formula is C18H22N2O2. The summed E-state index contributed by atoms with van der Waals surface area (Å²) in [5, 5.41) is 2.83. The van der Waals surface area contributed by atoms with E-state index in [4.69, 9.17) is 4.42 Å². The van der Waals surface area contributed by atoms with E-state index >= 15 is 0 Å². The van der Waals surface area contributed by atoms with Gasteiger partial charge in [-0.15, -0.1) is 0 Å². The second-order valence-corrected chi connectivity index (χ2v) is 6.09. The molecule has 0 radical (unpaired) electrons. The van der Waals surface area contributed by atoms with Crippen LogP contribution in [0.15, 0.2) is 47.1 Å². The molecule has 1 amide bonds. The number of anilines is 1. The van der Waals surface area contributed by atoms with Crippen molar-refractivity contribution in [1.82, 2.24) is 4.90 Å². The number of carbonyl (C=O) groups excluding carboxylic acids is 1. The molecule has 1 aromatic heterocycles. The Balaban J connectivity index is 1.55. The van der Waals surface area contributed by atoms with Gasteiger partial charge in [0.05, 0.1) is 6.26 Å². The summed E-state index contributed by atoms with van der Waals surface area (Å²) in [6.07, 6.45) is 4.08. The van der Waals surface area contributed by atoms with Crippen molar-refractivity contribution in [3.8, 4) is 0 Å². The van der Waals surface area contributed by atoms with Crippen LogP contribution in [0.5, 0.6) is 0 Å². The summed E-state index contributed by atoms with van der Waals surface area (Å²) >= 11 is 0. The van der Waals surface area contributed by atoms with Crippen molar-refractivity contribution in [3.05, 3.63) is 54.0 Å². The van der Waals surface area contributed by atoms with E-state index in [1.54, 1.807) is 12.1 Å².